The second-order valence-corrected chi connectivity index (χ2v) is 5.16. The second-order valence-electron chi connectivity index (χ2n) is 5.16. The molecule has 20 heavy (non-hydrogen) atoms. The second kappa shape index (κ2) is 6.23. The molecule has 1 aromatic rings. The number of carbonyl (C=O) groups is 1. The summed E-state index contributed by atoms with van der Waals surface area (Å²) >= 11 is 0. The van der Waals surface area contributed by atoms with Crippen LogP contribution >= 0.6 is 0 Å². The van der Waals surface area contributed by atoms with Crippen LogP contribution in [0.3, 0.4) is 0 Å². The van der Waals surface area contributed by atoms with Crippen LogP contribution in [0.1, 0.15) is 31.3 Å². The molecule has 2 heterocycles. The molecule has 0 radical (unpaired) electrons. The maximum Gasteiger partial charge on any atom is 0.394 e. The van der Waals surface area contributed by atoms with Crippen molar-refractivity contribution in [3.05, 3.63) is 12.0 Å². The van der Waals surface area contributed by atoms with Crippen LogP contribution in [-0.4, -0.2) is 49.0 Å². The molecule has 7 heteroatoms. The highest BCUT2D eigenvalue weighted by atomic mass is 16.6. The lowest BCUT2D eigenvalue weighted by Gasteiger charge is -2.36. The summed E-state index contributed by atoms with van der Waals surface area (Å²) in [5, 5.41) is 3.27. The first-order valence-electron chi connectivity index (χ1n) is 6.64. The standard InChI is InChI=1S/C13H20N2O5/c1-4-17-11(16)10-7-19-12(15-10)18-6-9-5-14-8-13(2,3)20-9/h7,9,14H,4-6,8H2,1-3H3. The first kappa shape index (κ1) is 14.8. The highest BCUT2D eigenvalue weighted by Gasteiger charge is 2.29. The highest BCUT2D eigenvalue weighted by Crippen LogP contribution is 2.17. The van der Waals surface area contributed by atoms with Crippen LogP contribution in [0.15, 0.2) is 10.7 Å². The molecule has 7 nitrogen and oxygen atoms in total. The summed E-state index contributed by atoms with van der Waals surface area (Å²) in [5.74, 6) is -0.525. The molecule has 0 amide bonds. The van der Waals surface area contributed by atoms with Crippen molar-refractivity contribution < 1.29 is 23.4 Å². The molecule has 1 atom stereocenters. The fraction of sp³-hybridized carbons (Fsp3) is 0.692. The van der Waals surface area contributed by atoms with Crippen molar-refractivity contribution in [1.82, 2.24) is 10.3 Å². The quantitative estimate of drug-likeness (QED) is 0.807. The van der Waals surface area contributed by atoms with Gasteiger partial charge in [0, 0.05) is 13.1 Å². The van der Waals surface area contributed by atoms with Gasteiger partial charge in [-0.25, -0.2) is 4.79 Å². The maximum atomic E-state index is 11.4. The molecular formula is C13H20N2O5. The number of aromatic nitrogens is 1. The SMILES string of the molecule is CCOC(=O)c1coc(OCC2CNCC(C)(C)O2)n1. The number of nitrogens with zero attached hydrogens (tertiary/aromatic N) is 1. The van der Waals surface area contributed by atoms with Crippen LogP contribution in [0.25, 0.3) is 0 Å². The fourth-order valence-corrected chi connectivity index (χ4v) is 1.95. The van der Waals surface area contributed by atoms with E-state index in [4.69, 9.17) is 18.6 Å². The van der Waals surface area contributed by atoms with Crippen molar-refractivity contribution in [1.29, 1.82) is 0 Å². The summed E-state index contributed by atoms with van der Waals surface area (Å²) in [5.41, 5.74) is -0.122. The first-order valence-corrected chi connectivity index (χ1v) is 6.64. The lowest BCUT2D eigenvalue weighted by atomic mass is 10.1. The Labute approximate surface area is 117 Å². The van der Waals surface area contributed by atoms with Gasteiger partial charge in [0.05, 0.1) is 12.2 Å². The zero-order chi connectivity index (χ0) is 14.6. The highest BCUT2D eigenvalue weighted by molar-refractivity contribution is 5.86. The number of hydrogen-bond donors (Lipinski definition) is 1. The zero-order valence-electron chi connectivity index (χ0n) is 12.0. The van der Waals surface area contributed by atoms with Gasteiger partial charge in [-0.1, -0.05) is 0 Å². The summed E-state index contributed by atoms with van der Waals surface area (Å²) in [4.78, 5) is 15.3. The minimum absolute atomic E-state index is 0.0417. The van der Waals surface area contributed by atoms with E-state index in [-0.39, 0.29) is 23.5 Å². The van der Waals surface area contributed by atoms with Crippen molar-refractivity contribution in [2.45, 2.75) is 32.5 Å². The van der Waals surface area contributed by atoms with Gasteiger partial charge in [0.1, 0.15) is 19.0 Å². The molecule has 1 saturated heterocycles. The Bertz CT molecular complexity index is 457. The van der Waals surface area contributed by atoms with E-state index in [2.05, 4.69) is 10.3 Å². The van der Waals surface area contributed by atoms with Crippen molar-refractivity contribution in [2.24, 2.45) is 0 Å². The van der Waals surface area contributed by atoms with Gasteiger partial charge in [0.25, 0.3) is 0 Å². The number of rotatable bonds is 5. The van der Waals surface area contributed by atoms with Crippen LogP contribution in [0.5, 0.6) is 6.08 Å². The molecular weight excluding hydrogens is 264 g/mol. The van der Waals surface area contributed by atoms with Crippen LogP contribution in [0, 0.1) is 0 Å². The van der Waals surface area contributed by atoms with Crippen LogP contribution in [0.2, 0.25) is 0 Å². The lowest BCUT2D eigenvalue weighted by molar-refractivity contribution is -0.109. The van der Waals surface area contributed by atoms with E-state index >= 15 is 0 Å². The number of carbonyl (C=O) groups excluding carboxylic acids is 1. The van der Waals surface area contributed by atoms with E-state index in [1.54, 1.807) is 6.92 Å². The third-order valence-corrected chi connectivity index (χ3v) is 2.77. The first-order chi connectivity index (χ1) is 9.50. The molecule has 1 aliphatic rings. The Morgan fingerprint density at radius 1 is 1.60 bits per heavy atom. The maximum absolute atomic E-state index is 11.4. The lowest BCUT2D eigenvalue weighted by Crippen LogP contribution is -2.52. The summed E-state index contributed by atoms with van der Waals surface area (Å²) in [7, 11) is 0. The molecule has 1 aliphatic heterocycles. The Kier molecular flexibility index (Phi) is 4.61. The van der Waals surface area contributed by atoms with Gasteiger partial charge in [-0.05, 0) is 20.8 Å². The van der Waals surface area contributed by atoms with E-state index in [9.17, 15) is 4.79 Å². The van der Waals surface area contributed by atoms with Gasteiger partial charge in [0.15, 0.2) is 5.69 Å². The molecule has 0 aliphatic carbocycles. The number of ether oxygens (including phenoxy) is 3. The monoisotopic (exact) mass is 284 g/mol. The molecule has 1 aromatic heterocycles. The molecule has 0 saturated carbocycles. The summed E-state index contributed by atoms with van der Waals surface area (Å²) in [6.45, 7) is 7.85. The van der Waals surface area contributed by atoms with Crippen LogP contribution < -0.4 is 10.1 Å². The van der Waals surface area contributed by atoms with Gasteiger partial charge < -0.3 is 23.9 Å². The van der Waals surface area contributed by atoms with E-state index in [1.807, 2.05) is 13.8 Å². The minimum Gasteiger partial charge on any atom is -0.461 e. The van der Waals surface area contributed by atoms with Crippen molar-refractivity contribution in [3.63, 3.8) is 0 Å². The largest absolute Gasteiger partial charge is 0.461 e. The van der Waals surface area contributed by atoms with Crippen molar-refractivity contribution >= 4 is 5.97 Å². The molecule has 1 unspecified atom stereocenters. The third kappa shape index (κ3) is 3.94. The Morgan fingerprint density at radius 3 is 3.10 bits per heavy atom. The average molecular weight is 284 g/mol. The summed E-state index contributed by atoms with van der Waals surface area (Å²) in [6, 6.07) is 0. The van der Waals surface area contributed by atoms with Gasteiger partial charge >= 0.3 is 12.0 Å². The topological polar surface area (TPSA) is 82.8 Å². The van der Waals surface area contributed by atoms with E-state index in [1.165, 1.54) is 6.26 Å². The molecule has 1 N–H and O–H groups in total. The molecule has 0 aromatic carbocycles. The van der Waals surface area contributed by atoms with E-state index < -0.39 is 5.97 Å². The van der Waals surface area contributed by atoms with Gasteiger partial charge in [0.2, 0.25) is 0 Å². The van der Waals surface area contributed by atoms with Crippen LogP contribution in [0.4, 0.5) is 0 Å². The normalized spacial score (nSPS) is 21.4. The number of nitrogens with one attached hydrogen (secondary N) is 1. The Balaban J connectivity index is 1.84. The number of hydrogen-bond acceptors (Lipinski definition) is 7. The van der Waals surface area contributed by atoms with E-state index in [0.29, 0.717) is 19.8 Å². The molecule has 1 fully saturated rings. The van der Waals surface area contributed by atoms with Crippen molar-refractivity contribution in [2.75, 3.05) is 26.3 Å². The van der Waals surface area contributed by atoms with Crippen LogP contribution in [-0.2, 0) is 9.47 Å². The third-order valence-electron chi connectivity index (χ3n) is 2.77. The smallest absolute Gasteiger partial charge is 0.394 e. The average Bonchev–Trinajstić information content (AvgIpc) is 2.84. The molecule has 112 valence electrons. The minimum atomic E-state index is -0.525. The van der Waals surface area contributed by atoms with Gasteiger partial charge in [-0.15, -0.1) is 0 Å². The Morgan fingerprint density at radius 2 is 2.40 bits per heavy atom. The Hall–Kier alpha value is -1.60. The van der Waals surface area contributed by atoms with E-state index in [0.717, 1.165) is 6.54 Å². The summed E-state index contributed by atoms with van der Waals surface area (Å²) < 4.78 is 21.1. The van der Waals surface area contributed by atoms with Gasteiger partial charge in [-0.2, -0.15) is 4.98 Å². The van der Waals surface area contributed by atoms with Gasteiger partial charge in [-0.3, -0.25) is 0 Å². The summed E-state index contributed by atoms with van der Waals surface area (Å²) in [6.07, 6.45) is 1.17. The predicted molar refractivity (Wildman–Crippen MR) is 69.8 cm³/mol. The predicted octanol–water partition coefficient (Wildman–Crippen LogP) is 0.997. The molecule has 0 bridgehead atoms. The van der Waals surface area contributed by atoms with Crippen molar-refractivity contribution in [3.8, 4) is 6.08 Å². The fourth-order valence-electron chi connectivity index (χ4n) is 1.95. The zero-order valence-corrected chi connectivity index (χ0v) is 12.0. The number of morpholine rings is 1. The molecule has 2 rings (SSSR count). The molecule has 0 spiro atoms. The number of oxazole rings is 1. The number of esters is 1.